The molecule has 0 aromatic rings. The van der Waals surface area contributed by atoms with Crippen LogP contribution in [0, 0.1) is 34.5 Å². The first-order valence-electron chi connectivity index (χ1n) is 11.8. The zero-order chi connectivity index (χ0) is 22.0. The Bertz CT molecular complexity index is 843. The molecule has 4 aliphatic rings. The molecule has 2 saturated carbocycles. The van der Waals surface area contributed by atoms with Gasteiger partial charge in [-0.25, -0.2) is 0 Å². The number of allylic oxidation sites excluding steroid dienone is 5. The van der Waals surface area contributed by atoms with Gasteiger partial charge >= 0.3 is 0 Å². The molecule has 0 aromatic heterocycles. The van der Waals surface area contributed by atoms with Gasteiger partial charge in [0.05, 0.1) is 5.70 Å². The number of hydrogen-bond acceptors (Lipinski definition) is 3. The summed E-state index contributed by atoms with van der Waals surface area (Å²) in [5.74, 6) is 1.78. The van der Waals surface area contributed by atoms with E-state index in [4.69, 9.17) is 5.73 Å². The first kappa shape index (κ1) is 21.4. The van der Waals surface area contributed by atoms with E-state index < -0.39 is 0 Å². The lowest BCUT2D eigenvalue weighted by Gasteiger charge is -2.55. The topological polar surface area (TPSA) is 63.4 Å². The lowest BCUT2D eigenvalue weighted by atomic mass is 9.49. The SMILES string of the molecule is CC(C)N(C(=O)[C@H]1CC[C@H]2[C@@H]3C=CC4=C(N)C(=O)C=C[C@]4(C)[C@H]3CC[C@]12C)C(C)C. The molecule has 0 spiro atoms. The van der Waals surface area contributed by atoms with Crippen molar-refractivity contribution in [3.8, 4) is 0 Å². The first-order chi connectivity index (χ1) is 14.0. The Morgan fingerprint density at radius 2 is 1.73 bits per heavy atom. The Morgan fingerprint density at radius 3 is 2.37 bits per heavy atom. The van der Waals surface area contributed by atoms with Crippen molar-refractivity contribution >= 4 is 11.7 Å². The molecule has 0 radical (unpaired) electrons. The molecule has 2 N–H and O–H groups in total. The summed E-state index contributed by atoms with van der Waals surface area (Å²) in [4.78, 5) is 27.9. The van der Waals surface area contributed by atoms with Crippen molar-refractivity contribution in [1.82, 2.24) is 4.90 Å². The average Bonchev–Trinajstić information content (AvgIpc) is 3.01. The van der Waals surface area contributed by atoms with Crippen molar-refractivity contribution in [1.29, 1.82) is 0 Å². The molecule has 2 fully saturated rings. The van der Waals surface area contributed by atoms with E-state index in [2.05, 4.69) is 64.7 Å². The Morgan fingerprint density at radius 1 is 1.07 bits per heavy atom. The molecular formula is C26H38N2O2. The molecule has 4 rings (SSSR count). The fraction of sp³-hybridized carbons (Fsp3) is 0.692. The molecule has 0 heterocycles. The van der Waals surface area contributed by atoms with Crippen LogP contribution < -0.4 is 5.73 Å². The second-order valence-electron chi connectivity index (χ2n) is 11.1. The number of carbonyl (C=O) groups is 2. The normalized spacial score (nSPS) is 39.9. The van der Waals surface area contributed by atoms with Crippen molar-refractivity contribution in [2.75, 3.05) is 0 Å². The van der Waals surface area contributed by atoms with E-state index >= 15 is 0 Å². The van der Waals surface area contributed by atoms with Crippen LogP contribution in [0.1, 0.15) is 67.2 Å². The second kappa shape index (κ2) is 7.10. The molecule has 0 aromatic carbocycles. The minimum absolute atomic E-state index is 0.0436. The van der Waals surface area contributed by atoms with Crippen LogP contribution in [0.15, 0.2) is 35.6 Å². The summed E-state index contributed by atoms with van der Waals surface area (Å²) in [7, 11) is 0. The maximum Gasteiger partial charge on any atom is 0.226 e. The van der Waals surface area contributed by atoms with Crippen LogP contribution in [0.3, 0.4) is 0 Å². The molecule has 6 atom stereocenters. The fourth-order valence-corrected chi connectivity index (χ4v) is 7.51. The summed E-state index contributed by atoms with van der Waals surface area (Å²) in [5.41, 5.74) is 7.47. The zero-order valence-electron chi connectivity index (χ0n) is 19.4. The lowest BCUT2D eigenvalue weighted by molar-refractivity contribution is -0.145. The van der Waals surface area contributed by atoms with E-state index in [9.17, 15) is 9.59 Å². The molecule has 30 heavy (non-hydrogen) atoms. The third-order valence-corrected chi connectivity index (χ3v) is 8.97. The third-order valence-electron chi connectivity index (χ3n) is 8.97. The lowest BCUT2D eigenvalue weighted by Crippen LogP contribution is -2.52. The smallest absolute Gasteiger partial charge is 0.226 e. The van der Waals surface area contributed by atoms with Gasteiger partial charge in [0.15, 0.2) is 0 Å². The third kappa shape index (κ3) is 2.85. The van der Waals surface area contributed by atoms with Crippen molar-refractivity contribution in [2.24, 2.45) is 40.2 Å². The summed E-state index contributed by atoms with van der Waals surface area (Å²) < 4.78 is 0. The largest absolute Gasteiger partial charge is 0.395 e. The van der Waals surface area contributed by atoms with Crippen molar-refractivity contribution in [3.63, 3.8) is 0 Å². The van der Waals surface area contributed by atoms with E-state index in [0.717, 1.165) is 31.3 Å². The van der Waals surface area contributed by atoms with Gasteiger partial charge in [-0.15, -0.1) is 0 Å². The first-order valence-corrected chi connectivity index (χ1v) is 11.8. The highest BCUT2D eigenvalue weighted by atomic mass is 16.2. The average molecular weight is 411 g/mol. The van der Waals surface area contributed by atoms with Crippen LogP contribution in [0.5, 0.6) is 0 Å². The predicted molar refractivity (Wildman–Crippen MR) is 120 cm³/mol. The van der Waals surface area contributed by atoms with Crippen LogP contribution in [-0.2, 0) is 9.59 Å². The minimum atomic E-state index is -0.178. The summed E-state index contributed by atoms with van der Waals surface area (Å²) in [6.45, 7) is 13.1. The standard InChI is InChI=1S/C26H38N2O2/c1-15(2)28(16(3)4)24(30)21-10-9-18-17-7-8-20-23(27)22(29)12-14-25(20,5)19(17)11-13-26(18,21)6/h7-8,12,14-19,21H,9-11,13,27H2,1-6H3/t17-,18-,19-,21+,25+,26-/m0/s1. The van der Waals surface area contributed by atoms with E-state index in [1.54, 1.807) is 6.08 Å². The van der Waals surface area contributed by atoms with Crippen LogP contribution in [0.2, 0.25) is 0 Å². The Labute approximate surface area is 181 Å². The molecule has 4 nitrogen and oxygen atoms in total. The number of amides is 1. The number of nitrogens with zero attached hydrogens (tertiary/aromatic N) is 1. The van der Waals surface area contributed by atoms with Crippen LogP contribution in [0.4, 0.5) is 0 Å². The van der Waals surface area contributed by atoms with E-state index in [1.165, 1.54) is 0 Å². The van der Waals surface area contributed by atoms with Crippen molar-refractivity contribution < 1.29 is 9.59 Å². The molecule has 0 saturated heterocycles. The molecule has 0 aliphatic heterocycles. The van der Waals surface area contributed by atoms with Gasteiger partial charge in [0, 0.05) is 23.4 Å². The predicted octanol–water partition coefficient (Wildman–Crippen LogP) is 4.62. The van der Waals surface area contributed by atoms with E-state index in [1.807, 2.05) is 0 Å². The highest BCUT2D eigenvalue weighted by Crippen LogP contribution is 2.65. The van der Waals surface area contributed by atoms with E-state index in [-0.39, 0.29) is 34.6 Å². The Balaban J connectivity index is 1.67. The monoisotopic (exact) mass is 410 g/mol. The van der Waals surface area contributed by atoms with Crippen molar-refractivity contribution in [2.45, 2.75) is 79.3 Å². The molecule has 0 bridgehead atoms. The quantitative estimate of drug-likeness (QED) is 0.738. The highest BCUT2D eigenvalue weighted by Gasteiger charge is 2.59. The second-order valence-corrected chi connectivity index (χ2v) is 11.1. The zero-order valence-corrected chi connectivity index (χ0v) is 19.4. The minimum Gasteiger partial charge on any atom is -0.395 e. The van der Waals surface area contributed by atoms with Gasteiger partial charge in [-0.05, 0) is 88.2 Å². The van der Waals surface area contributed by atoms with Gasteiger partial charge < -0.3 is 10.6 Å². The number of rotatable bonds is 3. The Kier molecular flexibility index (Phi) is 5.06. The number of hydrogen-bond donors (Lipinski definition) is 1. The van der Waals surface area contributed by atoms with Gasteiger partial charge in [-0.2, -0.15) is 0 Å². The summed E-state index contributed by atoms with van der Waals surface area (Å²) >= 11 is 0. The fourth-order valence-electron chi connectivity index (χ4n) is 7.51. The Hall–Kier alpha value is -1.84. The molecule has 0 unspecified atom stereocenters. The molecule has 164 valence electrons. The summed E-state index contributed by atoms with van der Waals surface area (Å²) in [5, 5.41) is 0. The molecular weight excluding hydrogens is 372 g/mol. The summed E-state index contributed by atoms with van der Waals surface area (Å²) in [6.07, 6.45) is 12.4. The molecule has 4 heteroatoms. The summed E-state index contributed by atoms with van der Waals surface area (Å²) in [6, 6.07) is 0.455. The van der Waals surface area contributed by atoms with Gasteiger partial charge in [0.2, 0.25) is 11.7 Å². The van der Waals surface area contributed by atoms with Gasteiger partial charge in [0.1, 0.15) is 0 Å². The number of fused-ring (bicyclic) bond motifs is 5. The van der Waals surface area contributed by atoms with Crippen LogP contribution in [0.25, 0.3) is 0 Å². The number of carbonyl (C=O) groups excluding carboxylic acids is 2. The van der Waals surface area contributed by atoms with Gasteiger partial charge in [0.25, 0.3) is 0 Å². The maximum atomic E-state index is 13.7. The van der Waals surface area contributed by atoms with Crippen molar-refractivity contribution in [3.05, 3.63) is 35.6 Å². The van der Waals surface area contributed by atoms with Crippen LogP contribution >= 0.6 is 0 Å². The molecule has 4 aliphatic carbocycles. The van der Waals surface area contributed by atoms with Gasteiger partial charge in [-0.1, -0.05) is 32.1 Å². The number of ketones is 1. The van der Waals surface area contributed by atoms with Crippen LogP contribution in [-0.4, -0.2) is 28.7 Å². The maximum absolute atomic E-state index is 13.7. The van der Waals surface area contributed by atoms with Gasteiger partial charge in [-0.3, -0.25) is 9.59 Å². The molecule has 1 amide bonds. The highest BCUT2D eigenvalue weighted by molar-refractivity contribution is 6.05. The van der Waals surface area contributed by atoms with E-state index in [0.29, 0.717) is 29.4 Å². The number of nitrogens with two attached hydrogens (primary N) is 1.